The van der Waals surface area contributed by atoms with E-state index in [-0.39, 0.29) is 12.2 Å². The highest BCUT2D eigenvalue weighted by molar-refractivity contribution is 5.98. The molecule has 1 aromatic heterocycles. The zero-order valence-corrected chi connectivity index (χ0v) is 17.3. The number of para-hydroxylation sites is 1. The highest BCUT2D eigenvalue weighted by Crippen LogP contribution is 2.23. The lowest BCUT2D eigenvalue weighted by Crippen LogP contribution is -2.30. The fraction of sp³-hybridized carbons (Fsp3) is 0.217. The predicted octanol–water partition coefficient (Wildman–Crippen LogP) is 3.93. The average molecular weight is 419 g/mol. The van der Waals surface area contributed by atoms with Crippen molar-refractivity contribution in [2.24, 2.45) is 0 Å². The number of hydrogen-bond acceptors (Lipinski definition) is 7. The van der Waals surface area contributed by atoms with E-state index in [1.165, 1.54) is 13.0 Å². The second kappa shape index (κ2) is 9.59. The van der Waals surface area contributed by atoms with Crippen molar-refractivity contribution < 1.29 is 23.6 Å². The van der Waals surface area contributed by atoms with Crippen LogP contribution in [0.3, 0.4) is 0 Å². The molecule has 1 amide bonds. The number of aromatic nitrogens is 1. The molecule has 0 spiro atoms. The summed E-state index contributed by atoms with van der Waals surface area (Å²) < 4.78 is 16.2. The number of anilines is 1. The van der Waals surface area contributed by atoms with E-state index in [9.17, 15) is 9.59 Å². The van der Waals surface area contributed by atoms with Crippen LogP contribution in [0.25, 0.3) is 0 Å². The molecule has 3 rings (SSSR count). The lowest BCUT2D eigenvalue weighted by Gasteiger charge is -2.15. The molecule has 31 heavy (non-hydrogen) atoms. The van der Waals surface area contributed by atoms with Crippen molar-refractivity contribution in [2.45, 2.75) is 33.5 Å². The number of benzene rings is 2. The van der Waals surface area contributed by atoms with E-state index in [1.54, 1.807) is 49.4 Å². The number of aryl methyl sites for hydroxylation is 2. The summed E-state index contributed by atoms with van der Waals surface area (Å²) in [6.07, 6.45) is -1.06. The number of nitriles is 1. The van der Waals surface area contributed by atoms with Gasteiger partial charge in [0.1, 0.15) is 23.7 Å². The molecule has 0 saturated heterocycles. The highest BCUT2D eigenvalue weighted by atomic mass is 16.5. The Kier molecular flexibility index (Phi) is 6.67. The Bertz CT molecular complexity index is 1130. The van der Waals surface area contributed by atoms with Crippen LogP contribution in [0.2, 0.25) is 0 Å². The summed E-state index contributed by atoms with van der Waals surface area (Å²) in [7, 11) is 0. The first-order valence-electron chi connectivity index (χ1n) is 9.54. The molecular weight excluding hydrogens is 398 g/mol. The first-order chi connectivity index (χ1) is 14.9. The van der Waals surface area contributed by atoms with Crippen LogP contribution < -0.4 is 10.1 Å². The third-order valence-electron chi connectivity index (χ3n) is 4.57. The fourth-order valence-corrected chi connectivity index (χ4v) is 2.81. The van der Waals surface area contributed by atoms with E-state index >= 15 is 0 Å². The Morgan fingerprint density at radius 3 is 2.68 bits per heavy atom. The first kappa shape index (κ1) is 21.6. The smallest absolute Gasteiger partial charge is 0.342 e. The molecule has 0 fully saturated rings. The quantitative estimate of drug-likeness (QED) is 0.577. The van der Waals surface area contributed by atoms with Crippen molar-refractivity contribution in [1.29, 1.82) is 5.26 Å². The van der Waals surface area contributed by atoms with Crippen LogP contribution in [0, 0.1) is 25.2 Å². The fourth-order valence-electron chi connectivity index (χ4n) is 2.81. The number of amides is 1. The SMILES string of the molecule is Cc1noc(C)c1COc1ccccc1C(=O)O[C@@H](C)C(=O)Nc1cccc(C#N)c1. The molecule has 1 atom stereocenters. The van der Waals surface area contributed by atoms with E-state index in [2.05, 4.69) is 10.5 Å². The zero-order chi connectivity index (χ0) is 22.4. The van der Waals surface area contributed by atoms with Crippen LogP contribution in [-0.4, -0.2) is 23.1 Å². The summed E-state index contributed by atoms with van der Waals surface area (Å²) in [5, 5.41) is 15.5. The number of hydrogen-bond donors (Lipinski definition) is 1. The number of carbonyl (C=O) groups excluding carboxylic acids is 2. The number of ether oxygens (including phenoxy) is 2. The van der Waals surface area contributed by atoms with Gasteiger partial charge >= 0.3 is 5.97 Å². The predicted molar refractivity (Wildman–Crippen MR) is 111 cm³/mol. The van der Waals surface area contributed by atoms with Crippen molar-refractivity contribution in [2.75, 3.05) is 5.32 Å². The standard InChI is InChI=1S/C23H21N3O5/c1-14-20(15(2)31-26-14)13-29-21-10-5-4-9-19(21)23(28)30-16(3)22(27)25-18-8-6-7-17(11-18)12-24/h4-11,16H,13H2,1-3H3,(H,25,27)/t16-/m0/s1. The molecule has 8 nitrogen and oxygen atoms in total. The molecule has 0 aliphatic rings. The highest BCUT2D eigenvalue weighted by Gasteiger charge is 2.22. The maximum Gasteiger partial charge on any atom is 0.342 e. The zero-order valence-electron chi connectivity index (χ0n) is 17.3. The molecule has 0 saturated carbocycles. The van der Waals surface area contributed by atoms with Gasteiger partial charge in [-0.3, -0.25) is 4.79 Å². The number of carbonyl (C=O) groups is 2. The second-order valence-corrected chi connectivity index (χ2v) is 6.82. The van der Waals surface area contributed by atoms with Gasteiger partial charge in [-0.25, -0.2) is 4.79 Å². The molecule has 3 aromatic rings. The van der Waals surface area contributed by atoms with E-state index in [1.807, 2.05) is 13.0 Å². The van der Waals surface area contributed by atoms with Gasteiger partial charge in [-0.1, -0.05) is 23.4 Å². The maximum atomic E-state index is 12.7. The Balaban J connectivity index is 1.65. The molecule has 0 aliphatic carbocycles. The summed E-state index contributed by atoms with van der Waals surface area (Å²) in [5.74, 6) is -0.245. The summed E-state index contributed by atoms with van der Waals surface area (Å²) >= 11 is 0. The minimum Gasteiger partial charge on any atom is -0.488 e. The lowest BCUT2D eigenvalue weighted by molar-refractivity contribution is -0.123. The summed E-state index contributed by atoms with van der Waals surface area (Å²) in [6.45, 7) is 5.23. The molecule has 0 aliphatic heterocycles. The van der Waals surface area contributed by atoms with E-state index in [0.717, 1.165) is 5.56 Å². The van der Waals surface area contributed by atoms with Crippen molar-refractivity contribution >= 4 is 17.6 Å². The minimum atomic E-state index is -1.06. The third kappa shape index (κ3) is 5.28. The van der Waals surface area contributed by atoms with Gasteiger partial charge in [-0.15, -0.1) is 0 Å². The van der Waals surface area contributed by atoms with Gasteiger partial charge in [-0.2, -0.15) is 5.26 Å². The van der Waals surface area contributed by atoms with Gasteiger partial charge in [0.15, 0.2) is 6.10 Å². The van der Waals surface area contributed by atoms with Crippen LogP contribution in [0.4, 0.5) is 5.69 Å². The Labute approximate surface area is 179 Å². The number of nitrogens with one attached hydrogen (secondary N) is 1. The van der Waals surface area contributed by atoms with Gasteiger partial charge in [0.05, 0.1) is 22.9 Å². The second-order valence-electron chi connectivity index (χ2n) is 6.82. The first-order valence-corrected chi connectivity index (χ1v) is 9.54. The van der Waals surface area contributed by atoms with Crippen LogP contribution in [-0.2, 0) is 16.1 Å². The largest absolute Gasteiger partial charge is 0.488 e. The van der Waals surface area contributed by atoms with Gasteiger partial charge < -0.3 is 19.3 Å². The monoisotopic (exact) mass is 419 g/mol. The molecule has 8 heteroatoms. The van der Waals surface area contributed by atoms with Crippen molar-refractivity contribution in [3.63, 3.8) is 0 Å². The Morgan fingerprint density at radius 2 is 1.97 bits per heavy atom. The summed E-state index contributed by atoms with van der Waals surface area (Å²) in [5.41, 5.74) is 2.56. The van der Waals surface area contributed by atoms with Crippen molar-refractivity contribution in [3.8, 4) is 11.8 Å². The Hall–Kier alpha value is -4.12. The maximum absolute atomic E-state index is 12.7. The molecule has 0 radical (unpaired) electrons. The molecule has 2 aromatic carbocycles. The van der Waals surface area contributed by atoms with E-state index in [0.29, 0.717) is 28.5 Å². The van der Waals surface area contributed by atoms with Crippen LogP contribution in [0.5, 0.6) is 5.75 Å². The van der Waals surface area contributed by atoms with Gasteiger partial charge in [0.2, 0.25) is 0 Å². The van der Waals surface area contributed by atoms with Crippen molar-refractivity contribution in [1.82, 2.24) is 5.16 Å². The normalized spacial score (nSPS) is 11.3. The summed E-state index contributed by atoms with van der Waals surface area (Å²) in [4.78, 5) is 25.1. The van der Waals surface area contributed by atoms with Crippen molar-refractivity contribution in [3.05, 3.63) is 76.7 Å². The molecule has 1 N–H and O–H groups in total. The van der Waals surface area contributed by atoms with Crippen LogP contribution in [0.15, 0.2) is 53.1 Å². The average Bonchev–Trinajstić information content (AvgIpc) is 3.09. The minimum absolute atomic E-state index is 0.177. The lowest BCUT2D eigenvalue weighted by atomic mass is 10.2. The molecule has 0 bridgehead atoms. The van der Waals surface area contributed by atoms with Gasteiger partial charge in [0.25, 0.3) is 5.91 Å². The van der Waals surface area contributed by atoms with Gasteiger partial charge in [-0.05, 0) is 51.1 Å². The van der Waals surface area contributed by atoms with E-state index in [4.69, 9.17) is 19.3 Å². The molecule has 0 unspecified atom stereocenters. The number of esters is 1. The van der Waals surface area contributed by atoms with E-state index < -0.39 is 18.0 Å². The van der Waals surface area contributed by atoms with Crippen LogP contribution >= 0.6 is 0 Å². The molecule has 158 valence electrons. The molecular formula is C23H21N3O5. The number of rotatable bonds is 7. The summed E-state index contributed by atoms with van der Waals surface area (Å²) in [6, 6.07) is 15.1. The third-order valence-corrected chi connectivity index (χ3v) is 4.57. The number of nitrogens with zero attached hydrogens (tertiary/aromatic N) is 2. The molecule has 1 heterocycles. The van der Waals surface area contributed by atoms with Gasteiger partial charge in [0, 0.05) is 5.69 Å². The van der Waals surface area contributed by atoms with Crippen LogP contribution in [0.1, 0.15) is 39.9 Å². The Morgan fingerprint density at radius 1 is 1.19 bits per heavy atom. The topological polar surface area (TPSA) is 114 Å².